The quantitative estimate of drug-likeness (QED) is 0.803. The fourth-order valence-corrected chi connectivity index (χ4v) is 1.60. The molecule has 0 spiro atoms. The summed E-state index contributed by atoms with van der Waals surface area (Å²) in [6.45, 7) is 8.77. The molecule has 3 N–H and O–H groups in total. The normalized spacial score (nSPS) is 13.1. The molecular weight excluding hydrogens is 204 g/mol. The second kappa shape index (κ2) is 5.21. The van der Waals surface area contributed by atoms with E-state index in [1.165, 1.54) is 0 Å². The van der Waals surface area contributed by atoms with Crippen LogP contribution in [0, 0.1) is 6.92 Å². The largest absolute Gasteiger partial charge is 0.394 e. The molecule has 16 heavy (non-hydrogen) atoms. The molecule has 0 saturated heterocycles. The van der Waals surface area contributed by atoms with Crippen LogP contribution in [0.25, 0.3) is 0 Å². The van der Waals surface area contributed by atoms with E-state index < -0.39 is 0 Å². The highest BCUT2D eigenvalue weighted by molar-refractivity contribution is 5.65. The van der Waals surface area contributed by atoms with Gasteiger partial charge in [-0.1, -0.05) is 0 Å². The number of ether oxygens (including phenoxy) is 1. The zero-order chi connectivity index (χ0) is 12.3. The maximum atomic E-state index is 6.00. The van der Waals surface area contributed by atoms with Crippen molar-refractivity contribution < 1.29 is 4.74 Å². The molecule has 92 valence electrons. The van der Waals surface area contributed by atoms with Gasteiger partial charge in [-0.25, -0.2) is 4.68 Å². The first-order valence-electron chi connectivity index (χ1n) is 5.57. The maximum Gasteiger partial charge on any atom is 0.148 e. The Morgan fingerprint density at radius 3 is 2.56 bits per heavy atom. The topological polar surface area (TPSA) is 65.1 Å². The minimum atomic E-state index is 0.209. The third-order valence-electron chi connectivity index (χ3n) is 2.42. The van der Waals surface area contributed by atoms with Gasteiger partial charge in [-0.2, -0.15) is 5.10 Å². The van der Waals surface area contributed by atoms with Gasteiger partial charge in [0.05, 0.1) is 18.0 Å². The van der Waals surface area contributed by atoms with Crippen LogP contribution in [-0.2, 0) is 4.74 Å². The number of anilines is 2. The van der Waals surface area contributed by atoms with Crippen molar-refractivity contribution in [3.63, 3.8) is 0 Å². The standard InChI is InChI=1S/C11H22N4O/c1-7(2)15-11(10(12)9(4)14-15)13-8(3)6-16-5/h7-8,13H,6,12H2,1-5H3. The van der Waals surface area contributed by atoms with E-state index in [2.05, 4.69) is 31.2 Å². The van der Waals surface area contributed by atoms with Crippen LogP contribution < -0.4 is 11.1 Å². The fourth-order valence-electron chi connectivity index (χ4n) is 1.60. The zero-order valence-corrected chi connectivity index (χ0v) is 10.7. The van der Waals surface area contributed by atoms with Crippen LogP contribution in [0.4, 0.5) is 11.5 Å². The molecule has 0 bridgehead atoms. The van der Waals surface area contributed by atoms with E-state index in [0.29, 0.717) is 6.61 Å². The van der Waals surface area contributed by atoms with Crippen molar-refractivity contribution in [3.8, 4) is 0 Å². The molecule has 0 saturated carbocycles. The van der Waals surface area contributed by atoms with Gasteiger partial charge < -0.3 is 15.8 Å². The Kier molecular flexibility index (Phi) is 4.18. The predicted octanol–water partition coefficient (Wildman–Crippen LogP) is 1.80. The lowest BCUT2D eigenvalue weighted by Crippen LogP contribution is -2.24. The average Bonchev–Trinajstić information content (AvgIpc) is 2.46. The molecule has 5 heteroatoms. The number of nitrogen functional groups attached to an aromatic ring is 1. The van der Waals surface area contributed by atoms with Crippen molar-refractivity contribution in [3.05, 3.63) is 5.69 Å². The molecular formula is C11H22N4O. The Hall–Kier alpha value is -1.23. The van der Waals surface area contributed by atoms with Crippen molar-refractivity contribution in [2.45, 2.75) is 39.8 Å². The van der Waals surface area contributed by atoms with Crippen molar-refractivity contribution >= 4 is 11.5 Å². The third kappa shape index (κ3) is 2.66. The van der Waals surface area contributed by atoms with Crippen molar-refractivity contribution in [2.24, 2.45) is 0 Å². The number of hydrogen-bond donors (Lipinski definition) is 2. The van der Waals surface area contributed by atoms with E-state index in [1.54, 1.807) is 7.11 Å². The summed E-state index contributed by atoms with van der Waals surface area (Å²) in [6.07, 6.45) is 0. The van der Waals surface area contributed by atoms with Gasteiger partial charge in [0.2, 0.25) is 0 Å². The van der Waals surface area contributed by atoms with E-state index in [9.17, 15) is 0 Å². The van der Waals surface area contributed by atoms with Crippen LogP contribution in [0.3, 0.4) is 0 Å². The summed E-state index contributed by atoms with van der Waals surface area (Å²) in [6, 6.07) is 0.495. The molecule has 1 unspecified atom stereocenters. The van der Waals surface area contributed by atoms with Gasteiger partial charge >= 0.3 is 0 Å². The Labute approximate surface area is 97.0 Å². The molecule has 0 aliphatic heterocycles. The summed E-state index contributed by atoms with van der Waals surface area (Å²) in [5.74, 6) is 0.886. The van der Waals surface area contributed by atoms with Crippen molar-refractivity contribution in [1.29, 1.82) is 0 Å². The second-order valence-electron chi connectivity index (χ2n) is 4.39. The molecule has 1 rings (SSSR count). The molecule has 0 amide bonds. The minimum absolute atomic E-state index is 0.209. The van der Waals surface area contributed by atoms with E-state index >= 15 is 0 Å². The van der Waals surface area contributed by atoms with E-state index in [1.807, 2.05) is 11.6 Å². The molecule has 1 atom stereocenters. The van der Waals surface area contributed by atoms with Crippen molar-refractivity contribution in [2.75, 3.05) is 24.8 Å². The van der Waals surface area contributed by atoms with Crippen molar-refractivity contribution in [1.82, 2.24) is 9.78 Å². The molecule has 0 radical (unpaired) electrons. The number of nitrogens with zero attached hydrogens (tertiary/aromatic N) is 2. The third-order valence-corrected chi connectivity index (χ3v) is 2.42. The predicted molar refractivity (Wildman–Crippen MR) is 66.7 cm³/mol. The summed E-state index contributed by atoms with van der Waals surface area (Å²) in [4.78, 5) is 0. The van der Waals surface area contributed by atoms with Gasteiger partial charge in [0.15, 0.2) is 0 Å². The molecule has 1 aromatic rings. The molecule has 0 fully saturated rings. The van der Waals surface area contributed by atoms with Crippen LogP contribution >= 0.6 is 0 Å². The fraction of sp³-hybridized carbons (Fsp3) is 0.727. The molecule has 0 aromatic carbocycles. The summed E-state index contributed by atoms with van der Waals surface area (Å²) in [5, 5.41) is 7.74. The highest BCUT2D eigenvalue weighted by atomic mass is 16.5. The Balaban J connectivity index is 2.92. The highest BCUT2D eigenvalue weighted by Crippen LogP contribution is 2.25. The Morgan fingerprint density at radius 2 is 2.06 bits per heavy atom. The molecule has 1 aromatic heterocycles. The van der Waals surface area contributed by atoms with Crippen LogP contribution in [0.5, 0.6) is 0 Å². The number of nitrogens with two attached hydrogens (primary N) is 1. The zero-order valence-electron chi connectivity index (χ0n) is 10.7. The van der Waals surface area contributed by atoms with Crippen LogP contribution in [0.15, 0.2) is 0 Å². The molecule has 0 aliphatic carbocycles. The first-order chi connectivity index (χ1) is 7.47. The summed E-state index contributed by atoms with van der Waals surface area (Å²) >= 11 is 0. The average molecular weight is 226 g/mol. The lowest BCUT2D eigenvalue weighted by Gasteiger charge is -2.17. The van der Waals surface area contributed by atoms with Gasteiger partial charge in [-0.05, 0) is 27.7 Å². The number of nitrogens with one attached hydrogen (secondary N) is 1. The maximum absolute atomic E-state index is 6.00. The van der Waals surface area contributed by atoms with E-state index in [0.717, 1.165) is 17.2 Å². The van der Waals surface area contributed by atoms with Crippen LogP contribution in [0.1, 0.15) is 32.5 Å². The lowest BCUT2D eigenvalue weighted by atomic mass is 10.3. The molecule has 1 heterocycles. The van der Waals surface area contributed by atoms with Gasteiger partial charge in [0, 0.05) is 19.2 Å². The van der Waals surface area contributed by atoms with Gasteiger partial charge in [-0.3, -0.25) is 0 Å². The lowest BCUT2D eigenvalue weighted by molar-refractivity contribution is 0.190. The number of aromatic nitrogens is 2. The van der Waals surface area contributed by atoms with E-state index in [-0.39, 0.29) is 12.1 Å². The van der Waals surface area contributed by atoms with Gasteiger partial charge in [0.25, 0.3) is 0 Å². The molecule has 5 nitrogen and oxygen atoms in total. The Morgan fingerprint density at radius 1 is 1.44 bits per heavy atom. The monoisotopic (exact) mass is 226 g/mol. The van der Waals surface area contributed by atoms with Gasteiger partial charge in [-0.15, -0.1) is 0 Å². The summed E-state index contributed by atoms with van der Waals surface area (Å²) in [5.41, 5.74) is 7.58. The number of hydrogen-bond acceptors (Lipinski definition) is 4. The second-order valence-corrected chi connectivity index (χ2v) is 4.39. The SMILES string of the molecule is COCC(C)Nc1c(N)c(C)nn1C(C)C. The molecule has 0 aliphatic rings. The number of rotatable bonds is 5. The van der Waals surface area contributed by atoms with Gasteiger partial charge in [0.1, 0.15) is 5.82 Å². The number of aryl methyl sites for hydroxylation is 1. The number of methoxy groups -OCH3 is 1. The summed E-state index contributed by atoms with van der Waals surface area (Å²) < 4.78 is 7.00. The summed E-state index contributed by atoms with van der Waals surface area (Å²) in [7, 11) is 1.69. The van der Waals surface area contributed by atoms with Crippen LogP contribution in [-0.4, -0.2) is 29.5 Å². The van der Waals surface area contributed by atoms with E-state index in [4.69, 9.17) is 10.5 Å². The van der Waals surface area contributed by atoms with Crippen LogP contribution in [0.2, 0.25) is 0 Å². The first kappa shape index (κ1) is 12.8. The Bertz CT molecular complexity index is 346. The minimum Gasteiger partial charge on any atom is -0.394 e. The first-order valence-corrected chi connectivity index (χ1v) is 5.57. The smallest absolute Gasteiger partial charge is 0.148 e. The highest BCUT2D eigenvalue weighted by Gasteiger charge is 2.16.